The lowest BCUT2D eigenvalue weighted by atomic mass is 10.00. The Kier molecular flexibility index (Phi) is 2.92. The number of hydrogen-bond acceptors (Lipinski definition) is 6. The van der Waals surface area contributed by atoms with E-state index in [1.54, 1.807) is 0 Å². The zero-order valence-corrected chi connectivity index (χ0v) is 6.20. The molecule has 6 heteroatoms. The molecule has 0 spiro atoms. The second kappa shape index (κ2) is 3.31. The van der Waals surface area contributed by atoms with Gasteiger partial charge in [-0.25, -0.2) is 0 Å². The van der Waals surface area contributed by atoms with Gasteiger partial charge in [-0.1, -0.05) is 0 Å². The minimum Gasteiger partial charge on any atom is -0.547 e. The van der Waals surface area contributed by atoms with Crippen LogP contribution < -0.4 is 10.2 Å². The highest BCUT2D eigenvalue weighted by atomic mass is 16.4. The number of carbonyl (C=O) groups excluding carboxylic acids is 3. The van der Waals surface area contributed by atoms with Gasteiger partial charge in [0.05, 0.1) is 5.97 Å². The molecule has 0 amide bonds. The molecule has 0 aliphatic heterocycles. The number of carbonyl (C=O) groups is 3. The molecule has 0 aliphatic carbocycles. The van der Waals surface area contributed by atoms with Crippen LogP contribution in [0.1, 0.15) is 13.3 Å². The van der Waals surface area contributed by atoms with Crippen LogP contribution in [0.2, 0.25) is 0 Å². The summed E-state index contributed by atoms with van der Waals surface area (Å²) < 4.78 is 0. The molecule has 0 radical (unpaired) electrons. The molecule has 0 bridgehead atoms. The number of aliphatic carboxylic acids is 2. The summed E-state index contributed by atoms with van der Waals surface area (Å²) in [5.74, 6) is -5.42. The predicted molar refractivity (Wildman–Crippen MR) is 30.3 cm³/mol. The molecule has 1 N–H and O–H groups in total. The summed E-state index contributed by atoms with van der Waals surface area (Å²) in [6, 6.07) is 0. The molecule has 1 atom stereocenters. The fraction of sp³-hybridized carbons (Fsp3) is 0.500. The molecule has 6 nitrogen and oxygen atoms in total. The monoisotopic (exact) mass is 174 g/mol. The minimum absolute atomic E-state index is 0.767. The molecule has 0 saturated carbocycles. The normalized spacial score (nSPS) is 14.8. The number of Topliss-reactive ketones (excluding diaryl/α,β-unsaturated/α-hetero) is 1. The van der Waals surface area contributed by atoms with Gasteiger partial charge in [0.2, 0.25) is 0 Å². The molecule has 1 unspecified atom stereocenters. The smallest absolute Gasteiger partial charge is 0.181 e. The maximum Gasteiger partial charge on any atom is 0.181 e. The predicted octanol–water partition coefficient (Wildman–Crippen LogP) is -3.80. The summed E-state index contributed by atoms with van der Waals surface area (Å²) in [7, 11) is 0. The standard InChI is InChI=1S/C6H8O6/c1-6(12,5(10)11)2-3(7)4(8)9/h12H,2H2,1H3,(H,8,9)(H,10,11)/p-2. The number of hydrogen-bond donors (Lipinski definition) is 1. The summed E-state index contributed by atoms with van der Waals surface area (Å²) in [5.41, 5.74) is -2.46. The van der Waals surface area contributed by atoms with Crippen LogP contribution in [0.25, 0.3) is 0 Å². The van der Waals surface area contributed by atoms with Crippen LogP contribution in [-0.2, 0) is 14.4 Å². The molecule has 0 rings (SSSR count). The third-order valence-electron chi connectivity index (χ3n) is 1.17. The molecule has 68 valence electrons. The highest BCUT2D eigenvalue weighted by molar-refractivity contribution is 6.32. The first kappa shape index (κ1) is 10.6. The van der Waals surface area contributed by atoms with Gasteiger partial charge in [0.15, 0.2) is 5.78 Å². The van der Waals surface area contributed by atoms with Crippen LogP contribution in [0, 0.1) is 0 Å². The Hall–Kier alpha value is -1.43. The Balaban J connectivity index is 4.35. The van der Waals surface area contributed by atoms with Gasteiger partial charge < -0.3 is 24.9 Å². The summed E-state index contributed by atoms with van der Waals surface area (Å²) >= 11 is 0. The third-order valence-corrected chi connectivity index (χ3v) is 1.17. The van der Waals surface area contributed by atoms with Crippen molar-refractivity contribution in [2.45, 2.75) is 18.9 Å². The van der Waals surface area contributed by atoms with Crippen molar-refractivity contribution in [3.63, 3.8) is 0 Å². The molecular formula is C6H6O6-2. The van der Waals surface area contributed by atoms with E-state index in [1.807, 2.05) is 0 Å². The van der Waals surface area contributed by atoms with Crippen LogP contribution in [0.15, 0.2) is 0 Å². The van der Waals surface area contributed by atoms with Gasteiger partial charge >= 0.3 is 0 Å². The number of rotatable bonds is 4. The fourth-order valence-corrected chi connectivity index (χ4v) is 0.457. The molecule has 0 heterocycles. The molecule has 0 aromatic rings. The Morgan fingerprint density at radius 2 is 1.75 bits per heavy atom. The van der Waals surface area contributed by atoms with Crippen molar-refractivity contribution in [1.82, 2.24) is 0 Å². The quantitative estimate of drug-likeness (QED) is 0.436. The summed E-state index contributed by atoms with van der Waals surface area (Å²) in [4.78, 5) is 30.2. The maximum absolute atomic E-state index is 10.3. The molecule has 0 aliphatic rings. The summed E-state index contributed by atoms with van der Waals surface area (Å²) in [6.07, 6.45) is -1.06. The van der Waals surface area contributed by atoms with E-state index >= 15 is 0 Å². The Bertz CT molecular complexity index is 228. The van der Waals surface area contributed by atoms with Gasteiger partial charge in [-0.3, -0.25) is 4.79 Å². The largest absolute Gasteiger partial charge is 0.547 e. The molecule has 0 aromatic carbocycles. The lowest BCUT2D eigenvalue weighted by molar-refractivity contribution is -0.323. The van der Waals surface area contributed by atoms with Crippen molar-refractivity contribution >= 4 is 17.7 Å². The first-order chi connectivity index (χ1) is 5.27. The van der Waals surface area contributed by atoms with Crippen LogP contribution in [0.5, 0.6) is 0 Å². The van der Waals surface area contributed by atoms with Gasteiger partial charge in [-0.15, -0.1) is 0 Å². The van der Waals surface area contributed by atoms with Gasteiger partial charge in [-0.05, 0) is 6.92 Å². The maximum atomic E-state index is 10.3. The highest BCUT2D eigenvalue weighted by Gasteiger charge is 2.25. The lowest BCUT2D eigenvalue weighted by Crippen LogP contribution is -2.49. The van der Waals surface area contributed by atoms with Crippen LogP contribution in [-0.4, -0.2) is 28.4 Å². The zero-order valence-electron chi connectivity index (χ0n) is 6.20. The summed E-state index contributed by atoms with van der Waals surface area (Å²) in [5, 5.41) is 28.7. The van der Waals surface area contributed by atoms with Gasteiger partial charge in [0, 0.05) is 6.42 Å². The minimum atomic E-state index is -2.46. The number of carboxylic acids is 2. The van der Waals surface area contributed by atoms with E-state index in [4.69, 9.17) is 5.11 Å². The van der Waals surface area contributed by atoms with Gasteiger partial charge in [0.25, 0.3) is 0 Å². The van der Waals surface area contributed by atoms with E-state index in [9.17, 15) is 24.6 Å². The first-order valence-corrected chi connectivity index (χ1v) is 2.95. The second-order valence-electron chi connectivity index (χ2n) is 2.45. The Morgan fingerprint density at radius 1 is 1.33 bits per heavy atom. The highest BCUT2D eigenvalue weighted by Crippen LogP contribution is 2.07. The van der Waals surface area contributed by atoms with Gasteiger partial charge in [-0.2, -0.15) is 0 Å². The van der Waals surface area contributed by atoms with E-state index in [-0.39, 0.29) is 0 Å². The van der Waals surface area contributed by atoms with E-state index in [2.05, 4.69) is 0 Å². The van der Waals surface area contributed by atoms with Crippen molar-refractivity contribution in [2.75, 3.05) is 0 Å². The Morgan fingerprint density at radius 3 is 2.00 bits per heavy atom. The van der Waals surface area contributed by atoms with Crippen molar-refractivity contribution in [3.05, 3.63) is 0 Å². The summed E-state index contributed by atoms with van der Waals surface area (Å²) in [6.45, 7) is 0.767. The molecular weight excluding hydrogens is 168 g/mol. The lowest BCUT2D eigenvalue weighted by Gasteiger charge is -2.23. The van der Waals surface area contributed by atoms with Crippen LogP contribution in [0.3, 0.4) is 0 Å². The SMILES string of the molecule is CC(O)(CC(=O)C(=O)[O-])C(=O)[O-]. The van der Waals surface area contributed by atoms with E-state index in [0.717, 1.165) is 6.92 Å². The topological polar surface area (TPSA) is 118 Å². The fourth-order valence-electron chi connectivity index (χ4n) is 0.457. The van der Waals surface area contributed by atoms with E-state index in [0.29, 0.717) is 0 Å². The molecule has 12 heavy (non-hydrogen) atoms. The molecule has 0 saturated heterocycles. The average Bonchev–Trinajstić information content (AvgIpc) is 1.85. The van der Waals surface area contributed by atoms with Crippen molar-refractivity contribution in [2.24, 2.45) is 0 Å². The van der Waals surface area contributed by atoms with Crippen LogP contribution >= 0.6 is 0 Å². The van der Waals surface area contributed by atoms with E-state index in [1.165, 1.54) is 0 Å². The van der Waals surface area contributed by atoms with E-state index < -0.39 is 29.7 Å². The van der Waals surface area contributed by atoms with Crippen LogP contribution in [0.4, 0.5) is 0 Å². The number of ketones is 1. The zero-order chi connectivity index (χ0) is 9.94. The first-order valence-electron chi connectivity index (χ1n) is 2.95. The molecule has 0 aromatic heterocycles. The second-order valence-corrected chi connectivity index (χ2v) is 2.45. The average molecular weight is 174 g/mol. The van der Waals surface area contributed by atoms with Crippen molar-refractivity contribution < 1.29 is 29.7 Å². The Labute approximate surface area is 67.4 Å². The van der Waals surface area contributed by atoms with Crippen molar-refractivity contribution in [1.29, 1.82) is 0 Å². The van der Waals surface area contributed by atoms with Gasteiger partial charge in [0.1, 0.15) is 11.6 Å². The molecule has 0 fully saturated rings. The van der Waals surface area contributed by atoms with Crippen molar-refractivity contribution in [3.8, 4) is 0 Å². The third kappa shape index (κ3) is 2.67. The number of carboxylic acid groups (broad SMARTS) is 2. The number of aliphatic hydroxyl groups is 1.